The summed E-state index contributed by atoms with van der Waals surface area (Å²) >= 11 is 0. The number of pyridine rings is 1. The third-order valence-corrected chi connectivity index (χ3v) is 4.50. The summed E-state index contributed by atoms with van der Waals surface area (Å²) < 4.78 is 11.4. The van der Waals surface area contributed by atoms with Crippen molar-refractivity contribution < 1.29 is 14.6 Å². The van der Waals surface area contributed by atoms with Gasteiger partial charge in [-0.2, -0.15) is 5.21 Å². The van der Waals surface area contributed by atoms with E-state index >= 15 is 0 Å². The van der Waals surface area contributed by atoms with Crippen LogP contribution < -0.4 is 0 Å². The molecule has 1 spiro atoms. The van der Waals surface area contributed by atoms with E-state index < -0.39 is 11.4 Å². The number of tetrazole rings is 1. The highest BCUT2D eigenvalue weighted by atomic mass is 16.7. The SMILES string of the molecule is OC1(c2ccc(-c3nn[nH]n3)cn2)CCC2(CC1)OCCO2. The van der Waals surface area contributed by atoms with Gasteiger partial charge in [0.05, 0.1) is 18.9 Å². The maximum Gasteiger partial charge on any atom is 0.206 e. The highest BCUT2D eigenvalue weighted by molar-refractivity contribution is 5.52. The van der Waals surface area contributed by atoms with E-state index in [1.807, 2.05) is 12.1 Å². The zero-order valence-electron chi connectivity index (χ0n) is 12.0. The Balaban J connectivity index is 1.52. The molecule has 2 fully saturated rings. The van der Waals surface area contributed by atoms with E-state index in [-0.39, 0.29) is 0 Å². The van der Waals surface area contributed by atoms with E-state index in [2.05, 4.69) is 25.6 Å². The average molecular weight is 303 g/mol. The molecule has 0 unspecified atom stereocenters. The molecular formula is C14H17N5O3. The fourth-order valence-electron chi connectivity index (χ4n) is 3.17. The summed E-state index contributed by atoms with van der Waals surface area (Å²) in [5.74, 6) is -0.00188. The number of nitrogens with one attached hydrogen (secondary N) is 1. The van der Waals surface area contributed by atoms with Crippen LogP contribution in [0.1, 0.15) is 31.4 Å². The zero-order valence-corrected chi connectivity index (χ0v) is 12.0. The molecule has 3 heterocycles. The smallest absolute Gasteiger partial charge is 0.206 e. The Morgan fingerprint density at radius 3 is 2.45 bits per heavy atom. The molecular weight excluding hydrogens is 286 g/mol. The van der Waals surface area contributed by atoms with E-state index in [0.29, 0.717) is 50.4 Å². The normalized spacial score (nSPS) is 23.0. The lowest BCUT2D eigenvalue weighted by Crippen LogP contribution is -2.42. The number of ether oxygens (including phenoxy) is 2. The third-order valence-electron chi connectivity index (χ3n) is 4.50. The van der Waals surface area contributed by atoms with Gasteiger partial charge in [0.15, 0.2) is 5.79 Å². The first-order valence-corrected chi connectivity index (χ1v) is 7.40. The first-order chi connectivity index (χ1) is 10.7. The van der Waals surface area contributed by atoms with Crippen LogP contribution in [-0.4, -0.2) is 49.7 Å². The van der Waals surface area contributed by atoms with Crippen LogP contribution in [0.25, 0.3) is 11.4 Å². The van der Waals surface area contributed by atoms with Crippen molar-refractivity contribution in [1.82, 2.24) is 25.6 Å². The molecule has 0 radical (unpaired) electrons. The van der Waals surface area contributed by atoms with Crippen molar-refractivity contribution in [2.24, 2.45) is 0 Å². The van der Waals surface area contributed by atoms with E-state index in [4.69, 9.17) is 9.47 Å². The van der Waals surface area contributed by atoms with Gasteiger partial charge < -0.3 is 14.6 Å². The lowest BCUT2D eigenvalue weighted by atomic mass is 9.79. The number of aliphatic hydroxyl groups is 1. The number of nitrogens with zero attached hydrogens (tertiary/aromatic N) is 4. The van der Waals surface area contributed by atoms with Crippen LogP contribution in [0.5, 0.6) is 0 Å². The number of hydrogen-bond acceptors (Lipinski definition) is 7. The first-order valence-electron chi connectivity index (χ1n) is 7.40. The van der Waals surface area contributed by atoms with Crippen LogP contribution in [0.3, 0.4) is 0 Å². The van der Waals surface area contributed by atoms with Crippen molar-refractivity contribution in [1.29, 1.82) is 0 Å². The summed E-state index contributed by atoms with van der Waals surface area (Å²) in [6.45, 7) is 1.27. The number of rotatable bonds is 2. The highest BCUT2D eigenvalue weighted by Crippen LogP contribution is 2.44. The Morgan fingerprint density at radius 2 is 1.86 bits per heavy atom. The van der Waals surface area contributed by atoms with Crippen LogP contribution in [-0.2, 0) is 15.1 Å². The molecule has 2 aromatic heterocycles. The largest absolute Gasteiger partial charge is 0.384 e. The molecule has 8 nitrogen and oxygen atoms in total. The van der Waals surface area contributed by atoms with Gasteiger partial charge in [-0.25, -0.2) is 0 Å². The summed E-state index contributed by atoms with van der Waals surface area (Å²) in [7, 11) is 0. The quantitative estimate of drug-likeness (QED) is 0.843. The highest BCUT2D eigenvalue weighted by Gasteiger charge is 2.46. The van der Waals surface area contributed by atoms with E-state index in [1.165, 1.54) is 0 Å². The topological polar surface area (TPSA) is 106 Å². The molecule has 1 aliphatic heterocycles. The maximum absolute atomic E-state index is 10.9. The number of H-pyrrole nitrogens is 1. The van der Waals surface area contributed by atoms with Gasteiger partial charge in [0.1, 0.15) is 5.60 Å². The van der Waals surface area contributed by atoms with Crippen molar-refractivity contribution in [2.45, 2.75) is 37.1 Å². The van der Waals surface area contributed by atoms with E-state index in [9.17, 15) is 5.11 Å². The van der Waals surface area contributed by atoms with Crippen molar-refractivity contribution in [3.8, 4) is 11.4 Å². The second-order valence-electron chi connectivity index (χ2n) is 5.81. The third kappa shape index (κ3) is 2.29. The molecule has 0 bridgehead atoms. The fourth-order valence-corrected chi connectivity index (χ4v) is 3.17. The lowest BCUT2D eigenvalue weighted by molar-refractivity contribution is -0.204. The Bertz CT molecular complexity index is 627. The summed E-state index contributed by atoms with van der Waals surface area (Å²) in [5, 5.41) is 24.6. The molecule has 2 aromatic rings. The second kappa shape index (κ2) is 5.08. The molecule has 116 valence electrons. The van der Waals surface area contributed by atoms with Crippen molar-refractivity contribution in [3.05, 3.63) is 24.0 Å². The van der Waals surface area contributed by atoms with Crippen LogP contribution in [0.15, 0.2) is 18.3 Å². The standard InChI is InChI=1S/C14H17N5O3/c20-13(3-5-14(6-4-13)21-7-8-22-14)11-2-1-10(9-15-11)12-16-18-19-17-12/h1-2,9,20H,3-8H2,(H,16,17,18,19). The van der Waals surface area contributed by atoms with Crippen molar-refractivity contribution >= 4 is 0 Å². The number of aromatic amines is 1. The Hall–Kier alpha value is -1.90. The number of aromatic nitrogens is 5. The van der Waals surface area contributed by atoms with Gasteiger partial charge in [0.2, 0.25) is 5.82 Å². The average Bonchev–Trinajstić information content (AvgIpc) is 3.23. The molecule has 22 heavy (non-hydrogen) atoms. The van der Waals surface area contributed by atoms with Gasteiger partial charge in [0, 0.05) is 24.6 Å². The van der Waals surface area contributed by atoms with E-state index in [0.717, 1.165) is 5.56 Å². The summed E-state index contributed by atoms with van der Waals surface area (Å²) in [6, 6.07) is 3.66. The molecule has 1 saturated carbocycles. The molecule has 0 atom stereocenters. The molecule has 0 aromatic carbocycles. The summed E-state index contributed by atoms with van der Waals surface area (Å²) in [5.41, 5.74) is 0.486. The molecule has 2 N–H and O–H groups in total. The minimum atomic E-state index is -0.934. The van der Waals surface area contributed by atoms with Gasteiger partial charge in [0.25, 0.3) is 0 Å². The molecule has 0 amide bonds. The molecule has 8 heteroatoms. The van der Waals surface area contributed by atoms with Gasteiger partial charge >= 0.3 is 0 Å². The summed E-state index contributed by atoms with van der Waals surface area (Å²) in [4.78, 5) is 4.39. The molecule has 1 saturated heterocycles. The monoisotopic (exact) mass is 303 g/mol. The van der Waals surface area contributed by atoms with Gasteiger partial charge in [-0.05, 0) is 30.2 Å². The predicted molar refractivity (Wildman–Crippen MR) is 74.4 cm³/mol. The Labute approximate surface area is 126 Å². The molecule has 1 aliphatic carbocycles. The number of hydrogen-bond donors (Lipinski definition) is 2. The van der Waals surface area contributed by atoms with Crippen molar-refractivity contribution in [3.63, 3.8) is 0 Å². The Kier molecular flexibility index (Phi) is 3.17. The molecule has 2 aliphatic rings. The second-order valence-corrected chi connectivity index (χ2v) is 5.81. The predicted octanol–water partition coefficient (Wildman–Crippen LogP) is 0.766. The Morgan fingerprint density at radius 1 is 1.09 bits per heavy atom. The van der Waals surface area contributed by atoms with Crippen LogP contribution in [0.2, 0.25) is 0 Å². The van der Waals surface area contributed by atoms with Gasteiger partial charge in [-0.15, -0.1) is 10.2 Å². The van der Waals surface area contributed by atoms with Crippen LogP contribution >= 0.6 is 0 Å². The van der Waals surface area contributed by atoms with Crippen LogP contribution in [0.4, 0.5) is 0 Å². The van der Waals surface area contributed by atoms with Crippen LogP contribution in [0, 0.1) is 0 Å². The first kappa shape index (κ1) is 13.7. The zero-order chi connectivity index (χ0) is 15.0. The minimum absolute atomic E-state index is 0.487. The fraction of sp³-hybridized carbons (Fsp3) is 0.571. The molecule has 4 rings (SSSR count). The van der Waals surface area contributed by atoms with Gasteiger partial charge in [-0.1, -0.05) is 0 Å². The van der Waals surface area contributed by atoms with Crippen molar-refractivity contribution in [2.75, 3.05) is 13.2 Å². The minimum Gasteiger partial charge on any atom is -0.384 e. The van der Waals surface area contributed by atoms with E-state index in [1.54, 1.807) is 6.20 Å². The van der Waals surface area contributed by atoms with Gasteiger partial charge in [-0.3, -0.25) is 4.98 Å². The summed E-state index contributed by atoms with van der Waals surface area (Å²) in [6.07, 6.45) is 4.16. The maximum atomic E-state index is 10.9. The lowest BCUT2D eigenvalue weighted by Gasteiger charge is -2.40.